The molecular weight excluding hydrogens is 414 g/mol. The second kappa shape index (κ2) is 10.3. The van der Waals surface area contributed by atoms with E-state index in [9.17, 15) is 4.79 Å². The molecule has 0 unspecified atom stereocenters. The molecule has 1 heterocycles. The van der Waals surface area contributed by atoms with Crippen LogP contribution >= 0.6 is 11.8 Å². The molecule has 164 valence electrons. The van der Waals surface area contributed by atoms with Gasteiger partial charge in [0.1, 0.15) is 6.54 Å². The van der Waals surface area contributed by atoms with Crippen molar-refractivity contribution >= 4 is 17.7 Å². The van der Waals surface area contributed by atoms with E-state index in [1.807, 2.05) is 51.1 Å². The first kappa shape index (κ1) is 22.7. The van der Waals surface area contributed by atoms with Gasteiger partial charge in [0.05, 0.1) is 20.0 Å². The minimum Gasteiger partial charge on any atom is -0.493 e. The number of thioether (sulfide) groups is 1. The SMILES string of the molecule is COc1ccc(-c2noc(CN(C(=O)CSc3ccc(C)cc3)C(C)C)n2)cc1OC. The molecule has 0 N–H and O–H groups in total. The fraction of sp³-hybridized carbons (Fsp3) is 0.348. The van der Waals surface area contributed by atoms with Crippen LogP contribution < -0.4 is 9.47 Å². The number of hydrogen-bond donors (Lipinski definition) is 0. The Bertz CT molecular complexity index is 1020. The van der Waals surface area contributed by atoms with E-state index in [1.54, 1.807) is 31.3 Å². The van der Waals surface area contributed by atoms with E-state index in [-0.39, 0.29) is 18.5 Å². The number of hydrogen-bond acceptors (Lipinski definition) is 7. The third-order valence-corrected chi connectivity index (χ3v) is 5.74. The molecule has 0 bridgehead atoms. The molecule has 1 amide bonds. The molecule has 7 nitrogen and oxygen atoms in total. The summed E-state index contributed by atoms with van der Waals surface area (Å²) in [5.41, 5.74) is 1.94. The molecule has 31 heavy (non-hydrogen) atoms. The maximum absolute atomic E-state index is 12.8. The topological polar surface area (TPSA) is 77.7 Å². The van der Waals surface area contributed by atoms with Crippen molar-refractivity contribution in [1.82, 2.24) is 15.0 Å². The van der Waals surface area contributed by atoms with E-state index < -0.39 is 0 Å². The predicted octanol–water partition coefficient (Wildman–Crippen LogP) is 4.59. The summed E-state index contributed by atoms with van der Waals surface area (Å²) in [7, 11) is 3.16. The van der Waals surface area contributed by atoms with Crippen LogP contribution in [0, 0.1) is 6.92 Å². The smallest absolute Gasteiger partial charge is 0.246 e. The molecule has 0 fully saturated rings. The van der Waals surface area contributed by atoms with Crippen molar-refractivity contribution in [3.8, 4) is 22.9 Å². The molecule has 0 saturated carbocycles. The van der Waals surface area contributed by atoms with E-state index in [0.29, 0.717) is 29.0 Å². The number of nitrogens with zero attached hydrogens (tertiary/aromatic N) is 3. The second-order valence-electron chi connectivity index (χ2n) is 7.30. The molecule has 0 atom stereocenters. The van der Waals surface area contributed by atoms with Crippen LogP contribution in [-0.2, 0) is 11.3 Å². The molecule has 0 aliphatic rings. The Balaban J connectivity index is 1.68. The molecule has 0 aliphatic carbocycles. The summed E-state index contributed by atoms with van der Waals surface area (Å²) in [6, 6.07) is 13.6. The van der Waals surface area contributed by atoms with Crippen LogP contribution in [0.2, 0.25) is 0 Å². The van der Waals surface area contributed by atoms with Gasteiger partial charge in [-0.25, -0.2) is 0 Å². The number of amides is 1. The second-order valence-corrected chi connectivity index (χ2v) is 8.35. The number of aromatic nitrogens is 2. The van der Waals surface area contributed by atoms with Crippen LogP contribution in [0.15, 0.2) is 51.9 Å². The average Bonchev–Trinajstić information content (AvgIpc) is 3.25. The minimum atomic E-state index is 0.00236. The third-order valence-electron chi connectivity index (χ3n) is 4.74. The van der Waals surface area contributed by atoms with E-state index in [0.717, 1.165) is 10.5 Å². The number of carbonyl (C=O) groups is 1. The summed E-state index contributed by atoms with van der Waals surface area (Å²) in [6.45, 7) is 6.24. The number of rotatable bonds is 9. The lowest BCUT2D eigenvalue weighted by Gasteiger charge is -2.25. The zero-order valence-corrected chi connectivity index (χ0v) is 19.2. The maximum atomic E-state index is 12.8. The zero-order valence-electron chi connectivity index (χ0n) is 18.4. The highest BCUT2D eigenvalue weighted by Crippen LogP contribution is 2.31. The first-order valence-corrected chi connectivity index (χ1v) is 10.9. The molecule has 8 heteroatoms. The summed E-state index contributed by atoms with van der Waals surface area (Å²) < 4.78 is 16.0. The van der Waals surface area contributed by atoms with Gasteiger partial charge in [0, 0.05) is 16.5 Å². The van der Waals surface area contributed by atoms with Crippen molar-refractivity contribution in [1.29, 1.82) is 0 Å². The molecule has 3 rings (SSSR count). The zero-order chi connectivity index (χ0) is 22.4. The monoisotopic (exact) mass is 441 g/mol. The largest absolute Gasteiger partial charge is 0.493 e. The highest BCUT2D eigenvalue weighted by molar-refractivity contribution is 8.00. The van der Waals surface area contributed by atoms with Crippen molar-refractivity contribution in [2.24, 2.45) is 0 Å². The lowest BCUT2D eigenvalue weighted by Crippen LogP contribution is -2.37. The van der Waals surface area contributed by atoms with Crippen LogP contribution in [0.1, 0.15) is 25.3 Å². The van der Waals surface area contributed by atoms with Crippen LogP contribution in [0.5, 0.6) is 11.5 Å². The van der Waals surface area contributed by atoms with Crippen LogP contribution in [0.25, 0.3) is 11.4 Å². The highest BCUT2D eigenvalue weighted by Gasteiger charge is 2.21. The Morgan fingerprint density at radius 2 is 1.81 bits per heavy atom. The Morgan fingerprint density at radius 3 is 2.45 bits per heavy atom. The number of aryl methyl sites for hydroxylation is 1. The van der Waals surface area contributed by atoms with Gasteiger partial charge in [-0.3, -0.25) is 4.79 Å². The third kappa shape index (κ3) is 5.79. The lowest BCUT2D eigenvalue weighted by molar-refractivity contribution is -0.131. The fourth-order valence-corrected chi connectivity index (χ4v) is 3.76. The summed E-state index contributed by atoms with van der Waals surface area (Å²) in [5.74, 6) is 2.38. The van der Waals surface area contributed by atoms with Gasteiger partial charge in [-0.05, 0) is 51.1 Å². The highest BCUT2D eigenvalue weighted by atomic mass is 32.2. The molecule has 1 aromatic heterocycles. The quantitative estimate of drug-likeness (QED) is 0.449. The van der Waals surface area contributed by atoms with Crippen molar-refractivity contribution in [2.45, 2.75) is 38.3 Å². The number of carbonyl (C=O) groups excluding carboxylic acids is 1. The van der Waals surface area contributed by atoms with Crippen LogP contribution in [-0.4, -0.2) is 47.0 Å². The van der Waals surface area contributed by atoms with Crippen LogP contribution in [0.3, 0.4) is 0 Å². The molecule has 3 aromatic rings. The predicted molar refractivity (Wildman–Crippen MR) is 120 cm³/mol. The van der Waals surface area contributed by atoms with Gasteiger partial charge < -0.3 is 18.9 Å². The molecular formula is C23H27N3O4S. The van der Waals surface area contributed by atoms with E-state index >= 15 is 0 Å². The number of ether oxygens (including phenoxy) is 2. The Kier molecular flexibility index (Phi) is 7.57. The summed E-state index contributed by atoms with van der Waals surface area (Å²) >= 11 is 1.52. The number of methoxy groups -OCH3 is 2. The summed E-state index contributed by atoms with van der Waals surface area (Å²) in [5, 5.41) is 4.07. The molecule has 0 saturated heterocycles. The van der Waals surface area contributed by atoms with Crippen molar-refractivity contribution in [2.75, 3.05) is 20.0 Å². The van der Waals surface area contributed by atoms with Gasteiger partial charge in [-0.1, -0.05) is 22.9 Å². The van der Waals surface area contributed by atoms with Crippen molar-refractivity contribution in [3.05, 3.63) is 53.9 Å². The van der Waals surface area contributed by atoms with Gasteiger partial charge in [0.2, 0.25) is 17.6 Å². The van der Waals surface area contributed by atoms with Crippen molar-refractivity contribution in [3.63, 3.8) is 0 Å². The van der Waals surface area contributed by atoms with Gasteiger partial charge in [-0.2, -0.15) is 4.98 Å². The average molecular weight is 442 g/mol. The maximum Gasteiger partial charge on any atom is 0.246 e. The summed E-state index contributed by atoms with van der Waals surface area (Å²) in [4.78, 5) is 20.1. The van der Waals surface area contributed by atoms with Gasteiger partial charge in [-0.15, -0.1) is 11.8 Å². The van der Waals surface area contributed by atoms with Crippen molar-refractivity contribution < 1.29 is 18.8 Å². The van der Waals surface area contributed by atoms with Gasteiger partial charge in [0.25, 0.3) is 0 Å². The first-order valence-electron chi connectivity index (χ1n) is 9.95. The van der Waals surface area contributed by atoms with E-state index in [2.05, 4.69) is 10.1 Å². The Hall–Kier alpha value is -3.00. The normalized spacial score (nSPS) is 10.9. The van der Waals surface area contributed by atoms with Gasteiger partial charge in [0.15, 0.2) is 11.5 Å². The Morgan fingerprint density at radius 1 is 1.10 bits per heavy atom. The Labute approximate surface area is 186 Å². The summed E-state index contributed by atoms with van der Waals surface area (Å²) in [6.07, 6.45) is 0. The first-order chi connectivity index (χ1) is 14.9. The standard InChI is InChI=1S/C23H27N3O4S/c1-15(2)26(22(27)14-31-18-9-6-16(3)7-10-18)13-21-24-23(25-30-21)17-8-11-19(28-4)20(12-17)29-5/h6-12,15H,13-14H2,1-5H3. The van der Waals surface area contributed by atoms with Crippen LogP contribution in [0.4, 0.5) is 0 Å². The molecule has 0 spiro atoms. The lowest BCUT2D eigenvalue weighted by atomic mass is 10.2. The van der Waals surface area contributed by atoms with E-state index in [4.69, 9.17) is 14.0 Å². The molecule has 0 aliphatic heterocycles. The minimum absolute atomic E-state index is 0.00236. The fourth-order valence-electron chi connectivity index (χ4n) is 2.98. The number of benzene rings is 2. The van der Waals surface area contributed by atoms with Gasteiger partial charge >= 0.3 is 0 Å². The molecule has 0 radical (unpaired) electrons. The van der Waals surface area contributed by atoms with E-state index in [1.165, 1.54) is 17.3 Å². The molecule has 2 aromatic carbocycles.